The van der Waals surface area contributed by atoms with E-state index in [4.69, 9.17) is 0 Å². The van der Waals surface area contributed by atoms with E-state index in [-0.39, 0.29) is 11.3 Å². The fraction of sp³-hybridized carbons (Fsp3) is 0.0833. The van der Waals surface area contributed by atoms with Gasteiger partial charge in [0.05, 0.1) is 0 Å². The van der Waals surface area contributed by atoms with Crippen molar-refractivity contribution in [3.05, 3.63) is 42.5 Å². The summed E-state index contributed by atoms with van der Waals surface area (Å²) in [5.74, 6) is -3.69. The zero-order valence-electron chi connectivity index (χ0n) is 9.70. The van der Waals surface area contributed by atoms with Gasteiger partial charge >= 0.3 is 11.9 Å². The van der Waals surface area contributed by atoms with Gasteiger partial charge in [0.1, 0.15) is 11.3 Å². The average Bonchev–Trinajstić information content (AvgIpc) is 2.38. The van der Waals surface area contributed by atoms with Crippen molar-refractivity contribution >= 4 is 17.8 Å². The van der Waals surface area contributed by atoms with E-state index in [9.17, 15) is 24.6 Å². The van der Waals surface area contributed by atoms with Crippen LogP contribution in [0.3, 0.4) is 0 Å². The van der Waals surface area contributed by atoms with Crippen molar-refractivity contribution in [1.82, 2.24) is 5.32 Å². The van der Waals surface area contributed by atoms with E-state index in [0.29, 0.717) is 0 Å². The van der Waals surface area contributed by atoms with E-state index < -0.39 is 24.1 Å². The van der Waals surface area contributed by atoms with E-state index in [1.54, 1.807) is 0 Å². The van der Waals surface area contributed by atoms with E-state index in [0.717, 1.165) is 6.08 Å². The highest BCUT2D eigenvalue weighted by Crippen LogP contribution is 2.16. The lowest BCUT2D eigenvalue weighted by Gasteiger charge is -2.10. The first-order valence-electron chi connectivity index (χ1n) is 5.10. The van der Waals surface area contributed by atoms with E-state index in [2.05, 4.69) is 11.3 Å². The highest BCUT2D eigenvalue weighted by Gasteiger charge is 2.23. The van der Waals surface area contributed by atoms with E-state index in [1.165, 1.54) is 24.3 Å². The lowest BCUT2D eigenvalue weighted by Crippen LogP contribution is -2.41. The lowest BCUT2D eigenvalue weighted by molar-refractivity contribution is -0.151. The molecule has 0 aliphatic rings. The van der Waals surface area contributed by atoms with Crippen LogP contribution in [0.2, 0.25) is 0 Å². The highest BCUT2D eigenvalue weighted by molar-refractivity contribution is 6.00. The molecule has 7 nitrogen and oxygen atoms in total. The number of nitrogens with one attached hydrogen (secondary N) is 1. The molecule has 0 spiro atoms. The number of phenols is 1. The number of carbonyl (C=O) groups is 3. The van der Waals surface area contributed by atoms with Crippen molar-refractivity contribution in [2.24, 2.45) is 0 Å². The molecule has 0 bridgehead atoms. The minimum absolute atomic E-state index is 0.238. The third-order valence-corrected chi connectivity index (χ3v) is 2.00. The number of benzene rings is 1. The number of amides is 1. The molecule has 0 saturated heterocycles. The first-order chi connectivity index (χ1) is 8.95. The first-order valence-corrected chi connectivity index (χ1v) is 5.10. The van der Waals surface area contributed by atoms with Crippen molar-refractivity contribution < 1.29 is 29.3 Å². The summed E-state index contributed by atoms with van der Waals surface area (Å²) in [5, 5.41) is 20.4. The summed E-state index contributed by atoms with van der Waals surface area (Å²) in [6, 6.07) is 5.40. The Kier molecular flexibility index (Phi) is 4.78. The van der Waals surface area contributed by atoms with Crippen LogP contribution in [0.25, 0.3) is 0 Å². The molecule has 1 amide bonds. The topological polar surface area (TPSA) is 113 Å². The number of ether oxygens (including phenoxy) is 1. The Hall–Kier alpha value is -2.67. The number of rotatable bonds is 4. The summed E-state index contributed by atoms with van der Waals surface area (Å²) in [7, 11) is 0. The first kappa shape index (κ1) is 14.4. The third-order valence-electron chi connectivity index (χ3n) is 2.00. The number of para-hydroxylation sites is 1. The van der Waals surface area contributed by atoms with Gasteiger partial charge in [0.25, 0.3) is 0 Å². The molecule has 0 heterocycles. The molecule has 0 fully saturated rings. The Labute approximate surface area is 108 Å². The van der Waals surface area contributed by atoms with Crippen LogP contribution in [0.15, 0.2) is 36.9 Å². The van der Waals surface area contributed by atoms with Gasteiger partial charge in [0.15, 0.2) is 0 Å². The highest BCUT2D eigenvalue weighted by atomic mass is 16.6. The fourth-order valence-electron chi connectivity index (χ4n) is 1.10. The predicted octanol–water partition coefficient (Wildman–Crippen LogP) is -0.304. The molecule has 0 saturated carbocycles. The maximum Gasteiger partial charge on any atom is 0.364 e. The molecule has 0 radical (unpaired) electrons. The van der Waals surface area contributed by atoms with Gasteiger partial charge in [0, 0.05) is 0 Å². The lowest BCUT2D eigenvalue weighted by atomic mass is 10.2. The summed E-state index contributed by atoms with van der Waals surface area (Å²) in [5.41, 5.74) is -0.238. The SMILES string of the molecule is C=CC(=O)NC(O)C(=O)OC(=O)c1ccccc1O. The number of carbonyl (C=O) groups excluding carboxylic acids is 3. The molecule has 1 aromatic rings. The zero-order chi connectivity index (χ0) is 14.4. The summed E-state index contributed by atoms with van der Waals surface area (Å²) in [6.45, 7) is 3.12. The molecule has 0 aliphatic carbocycles. The van der Waals surface area contributed by atoms with Crippen molar-refractivity contribution in [3.8, 4) is 5.75 Å². The van der Waals surface area contributed by atoms with Crippen LogP contribution in [0.4, 0.5) is 0 Å². The van der Waals surface area contributed by atoms with Crippen molar-refractivity contribution in [3.63, 3.8) is 0 Å². The fourth-order valence-corrected chi connectivity index (χ4v) is 1.10. The zero-order valence-corrected chi connectivity index (χ0v) is 9.70. The summed E-state index contributed by atoms with van der Waals surface area (Å²) in [6.07, 6.45) is -1.17. The Morgan fingerprint density at radius 2 is 1.95 bits per heavy atom. The molecule has 1 rings (SSSR count). The molecule has 19 heavy (non-hydrogen) atoms. The van der Waals surface area contributed by atoms with Crippen LogP contribution in [-0.4, -0.2) is 34.3 Å². The minimum Gasteiger partial charge on any atom is -0.507 e. The van der Waals surface area contributed by atoms with E-state index >= 15 is 0 Å². The molecule has 1 aromatic carbocycles. The number of hydrogen-bond donors (Lipinski definition) is 3. The number of aliphatic hydroxyl groups excluding tert-OH is 1. The minimum atomic E-state index is -2.00. The van der Waals surface area contributed by atoms with Gasteiger partial charge in [-0.2, -0.15) is 0 Å². The van der Waals surface area contributed by atoms with Gasteiger partial charge in [-0.05, 0) is 18.2 Å². The van der Waals surface area contributed by atoms with Crippen molar-refractivity contribution in [1.29, 1.82) is 0 Å². The largest absolute Gasteiger partial charge is 0.507 e. The summed E-state index contributed by atoms with van der Waals surface area (Å²) >= 11 is 0. The molecule has 7 heteroatoms. The molecule has 3 N–H and O–H groups in total. The monoisotopic (exact) mass is 265 g/mol. The molecule has 1 atom stereocenters. The molecule has 0 aliphatic heterocycles. The quantitative estimate of drug-likeness (QED) is 0.298. The summed E-state index contributed by atoms with van der Waals surface area (Å²) < 4.78 is 4.29. The van der Waals surface area contributed by atoms with Gasteiger partial charge in [-0.15, -0.1) is 0 Å². The van der Waals surface area contributed by atoms with Gasteiger partial charge in [-0.3, -0.25) is 4.79 Å². The second-order valence-electron chi connectivity index (χ2n) is 3.34. The molecular weight excluding hydrogens is 254 g/mol. The Bertz CT molecular complexity index is 525. The molecule has 1 unspecified atom stereocenters. The van der Waals surface area contributed by atoms with Gasteiger partial charge in [-0.1, -0.05) is 18.7 Å². The van der Waals surface area contributed by atoms with E-state index in [1.807, 2.05) is 5.32 Å². The van der Waals surface area contributed by atoms with Crippen LogP contribution >= 0.6 is 0 Å². The molecule has 100 valence electrons. The van der Waals surface area contributed by atoms with Gasteiger partial charge in [-0.25, -0.2) is 9.59 Å². The average molecular weight is 265 g/mol. The predicted molar refractivity (Wildman–Crippen MR) is 62.9 cm³/mol. The Morgan fingerprint density at radius 1 is 1.32 bits per heavy atom. The van der Waals surface area contributed by atoms with Crippen molar-refractivity contribution in [2.45, 2.75) is 6.23 Å². The smallest absolute Gasteiger partial charge is 0.364 e. The Balaban J connectivity index is 2.67. The van der Waals surface area contributed by atoms with Crippen LogP contribution in [-0.2, 0) is 14.3 Å². The molecular formula is C12H11NO6. The van der Waals surface area contributed by atoms with Crippen molar-refractivity contribution in [2.75, 3.05) is 0 Å². The van der Waals surface area contributed by atoms with Gasteiger partial charge in [0.2, 0.25) is 12.1 Å². The van der Waals surface area contributed by atoms with Gasteiger partial charge < -0.3 is 20.3 Å². The number of esters is 2. The number of aromatic hydroxyl groups is 1. The van der Waals surface area contributed by atoms with Crippen LogP contribution in [0.1, 0.15) is 10.4 Å². The van der Waals surface area contributed by atoms with Crippen LogP contribution < -0.4 is 5.32 Å². The second-order valence-corrected chi connectivity index (χ2v) is 3.34. The standard InChI is InChI=1S/C12H11NO6/c1-2-9(15)13-10(16)12(18)19-11(17)7-5-3-4-6-8(7)14/h2-6,10,14,16H,1H2,(H,13,15). The van der Waals surface area contributed by atoms with Crippen LogP contribution in [0, 0.1) is 0 Å². The summed E-state index contributed by atoms with van der Waals surface area (Å²) in [4.78, 5) is 33.6. The molecule has 0 aromatic heterocycles. The number of aliphatic hydroxyl groups is 1. The third kappa shape index (κ3) is 3.93. The second kappa shape index (κ2) is 6.31. The maximum absolute atomic E-state index is 11.5. The Morgan fingerprint density at radius 3 is 2.53 bits per heavy atom. The number of hydrogen-bond acceptors (Lipinski definition) is 6. The maximum atomic E-state index is 11.5. The normalized spacial score (nSPS) is 11.2. The van der Waals surface area contributed by atoms with Crippen LogP contribution in [0.5, 0.6) is 5.75 Å². The number of phenolic OH excluding ortho intramolecular Hbond substituents is 1.